The van der Waals surface area contributed by atoms with Gasteiger partial charge in [-0.15, -0.1) is 0 Å². The van der Waals surface area contributed by atoms with Gasteiger partial charge in [0.1, 0.15) is 12.4 Å². The quantitative estimate of drug-likeness (QED) is 0.438. The first-order valence-electron chi connectivity index (χ1n) is 10.2. The van der Waals surface area contributed by atoms with Gasteiger partial charge in [0.15, 0.2) is 0 Å². The van der Waals surface area contributed by atoms with Gasteiger partial charge in [0, 0.05) is 5.56 Å². The highest BCUT2D eigenvalue weighted by molar-refractivity contribution is 5.72. The smallest absolute Gasteiger partial charge is 0.417 e. The average molecular weight is 456 g/mol. The van der Waals surface area contributed by atoms with Crippen LogP contribution in [-0.2, 0) is 16.9 Å². The standard InChI is InChI=1S/C25H20F4N2O2/c1-16(25(27,28)29)21-13-19(14-22(30-21)18-7-9-20(26)10-8-18)24(11-12-24)31-23(32)33-15-17-5-3-2-4-6-17/h2-10,13-14H,1,11-12,15H2,(H,31,32). The lowest BCUT2D eigenvalue weighted by Gasteiger charge is -2.20. The monoisotopic (exact) mass is 456 g/mol. The first kappa shape index (κ1) is 22.5. The number of halogens is 4. The van der Waals surface area contributed by atoms with E-state index in [-0.39, 0.29) is 18.0 Å². The Balaban J connectivity index is 1.62. The fourth-order valence-electron chi connectivity index (χ4n) is 3.44. The number of allylic oxidation sites excluding steroid dienone is 1. The molecule has 4 nitrogen and oxygen atoms in total. The molecule has 0 radical (unpaired) electrons. The lowest BCUT2D eigenvalue weighted by atomic mass is 9.99. The third-order valence-corrected chi connectivity index (χ3v) is 5.47. The SMILES string of the molecule is C=C(c1cc(C2(NC(=O)OCc3ccccc3)CC2)cc(-c2ccc(F)cc2)n1)C(F)(F)F. The summed E-state index contributed by atoms with van der Waals surface area (Å²) >= 11 is 0. The van der Waals surface area contributed by atoms with Crippen molar-refractivity contribution in [1.29, 1.82) is 0 Å². The molecule has 1 aliphatic rings. The molecule has 0 atom stereocenters. The second-order valence-corrected chi connectivity index (χ2v) is 7.88. The second-order valence-electron chi connectivity index (χ2n) is 7.88. The molecule has 8 heteroatoms. The van der Waals surface area contributed by atoms with Crippen LogP contribution in [0.5, 0.6) is 0 Å². The number of aromatic nitrogens is 1. The van der Waals surface area contributed by atoms with E-state index in [9.17, 15) is 22.4 Å². The van der Waals surface area contributed by atoms with E-state index in [1.54, 1.807) is 6.07 Å². The molecule has 2 aromatic carbocycles. The van der Waals surface area contributed by atoms with Crippen molar-refractivity contribution in [2.75, 3.05) is 0 Å². The minimum absolute atomic E-state index is 0.0655. The summed E-state index contributed by atoms with van der Waals surface area (Å²) in [5.41, 5.74) is -0.403. The third-order valence-electron chi connectivity index (χ3n) is 5.47. The maximum absolute atomic E-state index is 13.4. The molecule has 1 fully saturated rings. The Kier molecular flexibility index (Phi) is 5.93. The summed E-state index contributed by atoms with van der Waals surface area (Å²) in [5.74, 6) is -0.476. The maximum atomic E-state index is 13.4. The van der Waals surface area contributed by atoms with Crippen molar-refractivity contribution in [3.63, 3.8) is 0 Å². The topological polar surface area (TPSA) is 51.2 Å². The molecule has 0 spiro atoms. The van der Waals surface area contributed by atoms with Gasteiger partial charge >= 0.3 is 12.3 Å². The van der Waals surface area contributed by atoms with Crippen LogP contribution in [0.25, 0.3) is 16.8 Å². The Morgan fingerprint density at radius 3 is 2.33 bits per heavy atom. The van der Waals surface area contributed by atoms with Crippen molar-refractivity contribution in [1.82, 2.24) is 10.3 Å². The molecule has 0 aliphatic heterocycles. The predicted molar refractivity (Wildman–Crippen MR) is 115 cm³/mol. The molecule has 4 rings (SSSR count). The summed E-state index contributed by atoms with van der Waals surface area (Å²) < 4.78 is 58.7. The van der Waals surface area contributed by atoms with Crippen molar-refractivity contribution < 1.29 is 27.1 Å². The number of ether oxygens (including phenoxy) is 1. The Hall–Kier alpha value is -3.68. The highest BCUT2D eigenvalue weighted by atomic mass is 19.4. The average Bonchev–Trinajstić information content (AvgIpc) is 3.58. The molecule has 1 aliphatic carbocycles. The molecular weight excluding hydrogens is 436 g/mol. The normalized spacial score (nSPS) is 14.4. The Morgan fingerprint density at radius 2 is 1.73 bits per heavy atom. The summed E-state index contributed by atoms with van der Waals surface area (Å²) in [6.07, 6.45) is -4.30. The van der Waals surface area contributed by atoms with E-state index in [0.29, 0.717) is 24.0 Å². The summed E-state index contributed by atoms with van der Waals surface area (Å²) in [4.78, 5) is 16.5. The van der Waals surface area contributed by atoms with Crippen molar-refractivity contribution in [2.24, 2.45) is 0 Å². The number of hydrogen-bond acceptors (Lipinski definition) is 3. The van der Waals surface area contributed by atoms with E-state index in [4.69, 9.17) is 4.74 Å². The van der Waals surface area contributed by atoms with Crippen LogP contribution >= 0.6 is 0 Å². The molecule has 0 unspecified atom stereocenters. The fourth-order valence-corrected chi connectivity index (χ4v) is 3.44. The van der Waals surface area contributed by atoms with Crippen molar-refractivity contribution >= 4 is 11.7 Å². The van der Waals surface area contributed by atoms with Crippen LogP contribution in [0.3, 0.4) is 0 Å². The Labute approximate surface area is 187 Å². The molecule has 1 N–H and O–H groups in total. The van der Waals surface area contributed by atoms with Gasteiger partial charge in [-0.2, -0.15) is 13.2 Å². The number of pyridine rings is 1. The van der Waals surface area contributed by atoms with Gasteiger partial charge in [-0.05, 0) is 60.4 Å². The molecule has 3 aromatic rings. The van der Waals surface area contributed by atoms with Crippen LogP contribution in [0, 0.1) is 5.82 Å². The number of rotatable bonds is 6. The first-order valence-corrected chi connectivity index (χ1v) is 10.2. The molecule has 170 valence electrons. The zero-order valence-electron chi connectivity index (χ0n) is 17.5. The van der Waals surface area contributed by atoms with Crippen molar-refractivity contribution in [2.45, 2.75) is 31.2 Å². The highest BCUT2D eigenvalue weighted by Gasteiger charge is 2.47. The van der Waals surface area contributed by atoms with E-state index in [0.717, 1.165) is 5.56 Å². The van der Waals surface area contributed by atoms with Crippen LogP contribution in [0.1, 0.15) is 29.7 Å². The fraction of sp³-hybridized carbons (Fsp3) is 0.200. The first-order chi connectivity index (χ1) is 15.7. The summed E-state index contributed by atoms with van der Waals surface area (Å²) in [5, 5.41) is 2.79. The van der Waals surface area contributed by atoms with E-state index in [2.05, 4.69) is 16.9 Å². The van der Waals surface area contributed by atoms with Crippen LogP contribution in [0.4, 0.5) is 22.4 Å². The molecule has 0 saturated heterocycles. The number of carbonyl (C=O) groups is 1. The molecular formula is C25H20F4N2O2. The van der Waals surface area contributed by atoms with E-state index in [1.807, 2.05) is 30.3 Å². The highest BCUT2D eigenvalue weighted by Crippen LogP contribution is 2.47. The molecule has 33 heavy (non-hydrogen) atoms. The second kappa shape index (κ2) is 8.69. The van der Waals surface area contributed by atoms with Crippen LogP contribution < -0.4 is 5.32 Å². The van der Waals surface area contributed by atoms with Gasteiger partial charge in [-0.25, -0.2) is 14.2 Å². The van der Waals surface area contributed by atoms with Crippen molar-refractivity contribution in [3.05, 3.63) is 95.9 Å². The predicted octanol–water partition coefficient (Wildman–Crippen LogP) is 6.38. The summed E-state index contributed by atoms with van der Waals surface area (Å²) in [7, 11) is 0. The van der Waals surface area contributed by atoms with Gasteiger partial charge in [0.2, 0.25) is 0 Å². The Morgan fingerprint density at radius 1 is 1.06 bits per heavy atom. The number of nitrogens with one attached hydrogen (secondary N) is 1. The lowest BCUT2D eigenvalue weighted by molar-refractivity contribution is -0.0689. The van der Waals surface area contributed by atoms with Gasteiger partial charge in [0.05, 0.1) is 22.5 Å². The van der Waals surface area contributed by atoms with Crippen LogP contribution in [0.15, 0.2) is 73.3 Å². The number of hydrogen-bond donors (Lipinski definition) is 1. The van der Waals surface area contributed by atoms with Crippen LogP contribution in [0.2, 0.25) is 0 Å². The van der Waals surface area contributed by atoms with E-state index >= 15 is 0 Å². The molecule has 1 amide bonds. The number of alkyl carbamates (subject to hydrolysis) is 1. The number of carbonyl (C=O) groups excluding carboxylic acids is 1. The van der Waals surface area contributed by atoms with Crippen LogP contribution in [-0.4, -0.2) is 17.3 Å². The number of amides is 1. The van der Waals surface area contributed by atoms with Gasteiger partial charge in [0.25, 0.3) is 0 Å². The minimum Gasteiger partial charge on any atom is -0.445 e. The van der Waals surface area contributed by atoms with Gasteiger partial charge < -0.3 is 10.1 Å². The zero-order chi connectivity index (χ0) is 23.6. The molecule has 1 aromatic heterocycles. The zero-order valence-corrected chi connectivity index (χ0v) is 17.5. The lowest BCUT2D eigenvalue weighted by Crippen LogP contribution is -2.35. The summed E-state index contributed by atoms with van der Waals surface area (Å²) in [6, 6.07) is 17.3. The van der Waals surface area contributed by atoms with Gasteiger partial charge in [-0.1, -0.05) is 36.9 Å². The largest absolute Gasteiger partial charge is 0.445 e. The summed E-state index contributed by atoms with van der Waals surface area (Å²) in [6.45, 7) is 3.22. The number of nitrogens with zero attached hydrogens (tertiary/aromatic N) is 1. The number of benzene rings is 2. The number of alkyl halides is 3. The Bertz CT molecular complexity index is 1170. The maximum Gasteiger partial charge on any atom is 0.417 e. The molecule has 1 saturated carbocycles. The van der Waals surface area contributed by atoms with E-state index < -0.39 is 29.2 Å². The molecule has 0 bridgehead atoms. The molecule has 1 heterocycles. The van der Waals surface area contributed by atoms with Gasteiger partial charge in [-0.3, -0.25) is 0 Å². The minimum atomic E-state index is -4.68. The van der Waals surface area contributed by atoms with E-state index in [1.165, 1.54) is 30.3 Å². The third kappa shape index (κ3) is 5.22. The van der Waals surface area contributed by atoms with Crippen molar-refractivity contribution in [3.8, 4) is 11.3 Å².